The van der Waals surface area contributed by atoms with Crippen molar-refractivity contribution >= 4 is 46.4 Å². The van der Waals surface area contributed by atoms with Gasteiger partial charge in [0.1, 0.15) is 0 Å². The fourth-order valence-electron chi connectivity index (χ4n) is 3.51. The minimum absolute atomic E-state index is 0. The number of anilines is 1. The summed E-state index contributed by atoms with van der Waals surface area (Å²) in [5.41, 5.74) is 2.54. The Hall–Kier alpha value is -1.30. The molecule has 2 aromatic rings. The fraction of sp³-hybridized carbons (Fsp3) is 0.389. The largest absolute Gasteiger partial charge is 0.481 e. The first kappa shape index (κ1) is 17.1. The van der Waals surface area contributed by atoms with Crippen LogP contribution in [-0.4, -0.2) is 23.7 Å². The molecule has 1 aliphatic rings. The van der Waals surface area contributed by atoms with E-state index in [-0.39, 0.29) is 41.9 Å². The molecule has 1 atom stereocenters. The lowest BCUT2D eigenvalue weighted by atomic mass is 9.79. The second-order valence-corrected chi connectivity index (χ2v) is 6.42. The molecule has 0 spiro atoms. The molecule has 0 aromatic heterocycles. The molecule has 0 saturated carbocycles. The Morgan fingerprint density at radius 1 is 1.23 bits per heavy atom. The highest BCUT2D eigenvalue weighted by atomic mass is 127. The molecule has 0 aliphatic carbocycles. The quantitative estimate of drug-likeness (QED) is 0.761. The maximum atomic E-state index is 10.9. The monoisotopic (exact) mass is 411 g/mol. The molecule has 1 heterocycles. The summed E-state index contributed by atoms with van der Waals surface area (Å²) in [6, 6.07) is 13.0. The maximum Gasteiger partial charge on any atom is 0.305 e. The van der Waals surface area contributed by atoms with Crippen molar-refractivity contribution in [2.45, 2.75) is 38.6 Å². The van der Waals surface area contributed by atoms with Crippen molar-refractivity contribution in [3.05, 3.63) is 42.0 Å². The van der Waals surface area contributed by atoms with Gasteiger partial charge in [0.2, 0.25) is 0 Å². The topological polar surface area (TPSA) is 40.5 Å². The zero-order chi connectivity index (χ0) is 15.2. The van der Waals surface area contributed by atoms with E-state index in [0.29, 0.717) is 6.54 Å². The second kappa shape index (κ2) is 6.07. The molecule has 0 radical (unpaired) electrons. The summed E-state index contributed by atoms with van der Waals surface area (Å²) >= 11 is 0. The van der Waals surface area contributed by atoms with E-state index in [2.05, 4.69) is 62.1 Å². The van der Waals surface area contributed by atoms with E-state index < -0.39 is 5.97 Å². The van der Waals surface area contributed by atoms with Crippen molar-refractivity contribution in [3.63, 3.8) is 0 Å². The highest BCUT2D eigenvalue weighted by Gasteiger charge is 2.42. The van der Waals surface area contributed by atoms with Gasteiger partial charge in [-0.05, 0) is 29.3 Å². The third-order valence-corrected chi connectivity index (χ3v) is 4.94. The summed E-state index contributed by atoms with van der Waals surface area (Å²) in [6.07, 6.45) is 0.173. The molecule has 3 rings (SSSR count). The number of rotatable bonds is 3. The van der Waals surface area contributed by atoms with Gasteiger partial charge in [-0.2, -0.15) is 0 Å². The van der Waals surface area contributed by atoms with Crippen LogP contribution < -0.4 is 4.90 Å². The van der Waals surface area contributed by atoms with Crippen molar-refractivity contribution < 1.29 is 9.90 Å². The summed E-state index contributed by atoms with van der Waals surface area (Å²) in [5, 5.41) is 11.5. The Kier molecular flexibility index (Phi) is 4.70. The average molecular weight is 411 g/mol. The van der Waals surface area contributed by atoms with Gasteiger partial charge < -0.3 is 10.0 Å². The lowest BCUT2D eigenvalue weighted by molar-refractivity contribution is -0.136. The maximum absolute atomic E-state index is 10.9. The summed E-state index contributed by atoms with van der Waals surface area (Å²) in [5.74, 6) is -0.741. The standard InChI is InChI=1S/C18H21NO2.HI/c1-12-18(2,3)17-14-7-5-4-6-13(14)8-9-15(17)19(12)11-10-16(20)21;/h4-9,12H,10-11H2,1-3H3,(H,20,21);1H. The van der Waals surface area contributed by atoms with E-state index in [1.54, 1.807) is 0 Å². The number of carbonyl (C=O) groups is 1. The predicted octanol–water partition coefficient (Wildman–Crippen LogP) is 4.42. The Morgan fingerprint density at radius 2 is 1.91 bits per heavy atom. The highest BCUT2D eigenvalue weighted by molar-refractivity contribution is 14.0. The van der Waals surface area contributed by atoms with Gasteiger partial charge in [-0.1, -0.05) is 44.2 Å². The molecule has 1 aliphatic heterocycles. The highest BCUT2D eigenvalue weighted by Crippen LogP contribution is 2.48. The van der Waals surface area contributed by atoms with E-state index in [1.807, 2.05) is 0 Å². The first-order chi connectivity index (χ1) is 9.93. The van der Waals surface area contributed by atoms with Crippen molar-refractivity contribution in [2.24, 2.45) is 0 Å². The number of carboxylic acids is 1. The number of carboxylic acid groups (broad SMARTS) is 1. The smallest absolute Gasteiger partial charge is 0.305 e. The number of benzene rings is 2. The van der Waals surface area contributed by atoms with Crippen LogP contribution in [0, 0.1) is 0 Å². The molecule has 0 fully saturated rings. The first-order valence-electron chi connectivity index (χ1n) is 7.43. The molecule has 118 valence electrons. The minimum Gasteiger partial charge on any atom is -0.481 e. The number of hydrogen-bond acceptors (Lipinski definition) is 2. The van der Waals surface area contributed by atoms with Crippen LogP contribution in [-0.2, 0) is 10.2 Å². The zero-order valence-corrected chi connectivity index (χ0v) is 15.5. The summed E-state index contributed by atoms with van der Waals surface area (Å²) in [7, 11) is 0. The van der Waals surface area contributed by atoms with E-state index in [1.165, 1.54) is 22.0 Å². The lowest BCUT2D eigenvalue weighted by Crippen LogP contribution is -2.40. The van der Waals surface area contributed by atoms with Gasteiger partial charge in [-0.3, -0.25) is 4.79 Å². The second-order valence-electron chi connectivity index (χ2n) is 6.42. The lowest BCUT2D eigenvalue weighted by Gasteiger charge is -2.31. The van der Waals surface area contributed by atoms with Gasteiger partial charge in [0, 0.05) is 23.7 Å². The normalized spacial score (nSPS) is 18.9. The number of nitrogens with zero attached hydrogens (tertiary/aromatic N) is 1. The minimum atomic E-state index is -0.741. The van der Waals surface area contributed by atoms with Crippen LogP contribution in [0.5, 0.6) is 0 Å². The van der Waals surface area contributed by atoms with E-state index in [4.69, 9.17) is 5.11 Å². The van der Waals surface area contributed by atoms with Gasteiger partial charge in [-0.15, -0.1) is 24.0 Å². The molecule has 1 unspecified atom stereocenters. The Morgan fingerprint density at radius 3 is 2.59 bits per heavy atom. The van der Waals surface area contributed by atoms with Gasteiger partial charge in [-0.25, -0.2) is 0 Å². The number of aliphatic carboxylic acids is 1. The molecule has 0 saturated heterocycles. The number of hydrogen-bond donors (Lipinski definition) is 1. The van der Waals surface area contributed by atoms with Gasteiger partial charge >= 0.3 is 5.97 Å². The zero-order valence-electron chi connectivity index (χ0n) is 13.2. The number of halogens is 1. The van der Waals surface area contributed by atoms with Crippen molar-refractivity contribution in [2.75, 3.05) is 11.4 Å². The summed E-state index contributed by atoms with van der Waals surface area (Å²) < 4.78 is 0. The molecule has 22 heavy (non-hydrogen) atoms. The molecule has 1 N–H and O–H groups in total. The van der Waals surface area contributed by atoms with Gasteiger partial charge in [0.15, 0.2) is 0 Å². The van der Waals surface area contributed by atoms with Crippen LogP contribution in [0.2, 0.25) is 0 Å². The predicted molar refractivity (Wildman–Crippen MR) is 101 cm³/mol. The van der Waals surface area contributed by atoms with Crippen LogP contribution in [0.15, 0.2) is 36.4 Å². The van der Waals surface area contributed by atoms with E-state index in [9.17, 15) is 4.79 Å². The van der Waals surface area contributed by atoms with Crippen LogP contribution in [0.3, 0.4) is 0 Å². The van der Waals surface area contributed by atoms with E-state index in [0.717, 1.165) is 0 Å². The van der Waals surface area contributed by atoms with Crippen LogP contribution in [0.1, 0.15) is 32.8 Å². The molecular weight excluding hydrogens is 389 g/mol. The molecule has 3 nitrogen and oxygen atoms in total. The van der Waals surface area contributed by atoms with Gasteiger partial charge in [0.25, 0.3) is 0 Å². The van der Waals surface area contributed by atoms with Crippen molar-refractivity contribution in [1.29, 1.82) is 0 Å². The number of fused-ring (bicyclic) bond motifs is 3. The van der Waals surface area contributed by atoms with Crippen LogP contribution in [0.25, 0.3) is 10.8 Å². The van der Waals surface area contributed by atoms with Crippen molar-refractivity contribution in [1.82, 2.24) is 0 Å². The van der Waals surface area contributed by atoms with Gasteiger partial charge in [0.05, 0.1) is 6.42 Å². The average Bonchev–Trinajstić information content (AvgIpc) is 2.65. The SMILES string of the molecule is CC1N(CCC(=O)O)c2ccc3ccccc3c2C1(C)C.I. The first-order valence-corrected chi connectivity index (χ1v) is 7.43. The third-order valence-electron chi connectivity index (χ3n) is 4.94. The summed E-state index contributed by atoms with van der Waals surface area (Å²) in [6.45, 7) is 7.26. The Balaban J connectivity index is 0.00000176. The molecule has 4 heteroatoms. The molecule has 0 bridgehead atoms. The van der Waals surface area contributed by atoms with Crippen LogP contribution >= 0.6 is 24.0 Å². The van der Waals surface area contributed by atoms with Crippen molar-refractivity contribution in [3.8, 4) is 0 Å². The third kappa shape index (κ3) is 2.57. The molecule has 2 aromatic carbocycles. The Labute approximate surface area is 148 Å². The van der Waals surface area contributed by atoms with E-state index >= 15 is 0 Å². The summed E-state index contributed by atoms with van der Waals surface area (Å²) in [4.78, 5) is 13.2. The van der Waals surface area contributed by atoms with Crippen LogP contribution in [0.4, 0.5) is 5.69 Å². The molecular formula is C18H22INO2. The Bertz CT molecular complexity index is 711. The molecule has 0 amide bonds. The fourth-order valence-corrected chi connectivity index (χ4v) is 3.51.